The molecule has 2 aliphatic heterocycles. The van der Waals surface area contributed by atoms with E-state index in [0.717, 1.165) is 31.7 Å². The third-order valence-electron chi connectivity index (χ3n) is 5.72. The number of ether oxygens (including phenoxy) is 2. The van der Waals surface area contributed by atoms with Crippen LogP contribution in [0.3, 0.4) is 0 Å². The number of aryl methyl sites for hydroxylation is 1. The van der Waals surface area contributed by atoms with E-state index >= 15 is 0 Å². The maximum absolute atomic E-state index is 13.0. The molecule has 1 N–H and O–H groups in total. The Morgan fingerprint density at radius 1 is 1.28 bits per heavy atom. The minimum absolute atomic E-state index is 0.0527. The van der Waals surface area contributed by atoms with Crippen LogP contribution in [-0.4, -0.2) is 51.0 Å². The zero-order chi connectivity index (χ0) is 20.5. The topological polar surface area (TPSA) is 66.3 Å². The number of hydrogen-bond donors (Lipinski definition) is 1. The number of methoxy groups -OCH3 is 1. The van der Waals surface area contributed by atoms with Gasteiger partial charge in [0.2, 0.25) is 5.78 Å². The summed E-state index contributed by atoms with van der Waals surface area (Å²) in [4.78, 5) is 16.7. The molecule has 6 nitrogen and oxygen atoms in total. The van der Waals surface area contributed by atoms with Crippen molar-refractivity contribution in [2.45, 2.75) is 13.5 Å². The highest BCUT2D eigenvalue weighted by atomic mass is 16.5. The summed E-state index contributed by atoms with van der Waals surface area (Å²) in [5.74, 6) is 1.18. The monoisotopic (exact) mass is 394 g/mol. The molecule has 0 aliphatic carbocycles. The summed E-state index contributed by atoms with van der Waals surface area (Å²) in [5, 5.41) is 12.7. The first-order valence-corrected chi connectivity index (χ1v) is 9.90. The molecule has 0 spiro atoms. The molecule has 0 aromatic heterocycles. The highest BCUT2D eigenvalue weighted by Crippen LogP contribution is 2.40. The number of hydrogen-bond acceptors (Lipinski definition) is 5. The van der Waals surface area contributed by atoms with E-state index in [-0.39, 0.29) is 17.3 Å². The maximum atomic E-state index is 13.0. The SMILES string of the molecule is COc1cccc(C=C2Oc3c(C[NH+]4CCN(C)CC4)c([O-])cc(C)c3C2=O)c1. The number of likely N-dealkylation sites (N-methyl/N-ethyl adjacent to an activating group) is 1. The fourth-order valence-corrected chi connectivity index (χ4v) is 3.98. The lowest BCUT2D eigenvalue weighted by atomic mass is 9.99. The van der Waals surface area contributed by atoms with Crippen molar-refractivity contribution in [3.8, 4) is 17.2 Å². The minimum Gasteiger partial charge on any atom is -0.872 e. The Morgan fingerprint density at radius 2 is 2.03 bits per heavy atom. The second-order valence-electron chi connectivity index (χ2n) is 7.82. The van der Waals surface area contributed by atoms with E-state index in [4.69, 9.17) is 9.47 Å². The van der Waals surface area contributed by atoms with Crippen LogP contribution in [0, 0.1) is 6.92 Å². The molecule has 0 radical (unpaired) electrons. The third kappa shape index (κ3) is 3.86. The molecule has 2 aliphatic rings. The van der Waals surface area contributed by atoms with Crippen molar-refractivity contribution >= 4 is 11.9 Å². The van der Waals surface area contributed by atoms with Crippen LogP contribution >= 0.6 is 0 Å². The number of Topliss-reactive ketones (excluding diaryl/α,β-unsaturated/α-hetero) is 1. The predicted molar refractivity (Wildman–Crippen MR) is 108 cm³/mol. The number of nitrogens with zero attached hydrogens (tertiary/aromatic N) is 1. The fraction of sp³-hybridized carbons (Fsp3) is 0.348. The first-order chi connectivity index (χ1) is 14.0. The van der Waals surface area contributed by atoms with Crippen LogP contribution in [0.15, 0.2) is 36.1 Å². The van der Waals surface area contributed by atoms with E-state index in [9.17, 15) is 9.90 Å². The zero-order valence-electron chi connectivity index (χ0n) is 17.1. The summed E-state index contributed by atoms with van der Waals surface area (Å²) >= 11 is 0. The number of fused-ring (bicyclic) bond motifs is 1. The summed E-state index contributed by atoms with van der Waals surface area (Å²) in [5.41, 5.74) is 2.60. The van der Waals surface area contributed by atoms with Crippen molar-refractivity contribution in [1.29, 1.82) is 0 Å². The fourth-order valence-electron chi connectivity index (χ4n) is 3.98. The lowest BCUT2D eigenvalue weighted by molar-refractivity contribution is -0.918. The van der Waals surface area contributed by atoms with Gasteiger partial charge in [0.25, 0.3) is 0 Å². The van der Waals surface area contributed by atoms with Crippen LogP contribution < -0.4 is 19.5 Å². The van der Waals surface area contributed by atoms with Gasteiger partial charge in [-0.3, -0.25) is 9.69 Å². The normalized spacial score (nSPS) is 18.7. The van der Waals surface area contributed by atoms with Crippen molar-refractivity contribution in [3.05, 3.63) is 58.3 Å². The summed E-state index contributed by atoms with van der Waals surface area (Å²) in [7, 11) is 3.71. The molecule has 1 fully saturated rings. The Hall–Kier alpha value is -2.83. The van der Waals surface area contributed by atoms with E-state index in [2.05, 4.69) is 11.9 Å². The van der Waals surface area contributed by atoms with Crippen LogP contribution in [0.25, 0.3) is 6.08 Å². The number of benzene rings is 2. The molecule has 2 heterocycles. The average Bonchev–Trinajstić information content (AvgIpc) is 3.03. The van der Waals surface area contributed by atoms with Crippen molar-refractivity contribution in [2.75, 3.05) is 40.3 Å². The van der Waals surface area contributed by atoms with Gasteiger partial charge in [0.15, 0.2) is 5.76 Å². The molecule has 0 bridgehead atoms. The summed E-state index contributed by atoms with van der Waals surface area (Å²) in [6.45, 7) is 6.31. The highest BCUT2D eigenvalue weighted by Gasteiger charge is 2.33. The van der Waals surface area contributed by atoms with Crippen LogP contribution in [0.5, 0.6) is 17.2 Å². The summed E-state index contributed by atoms with van der Waals surface area (Å²) < 4.78 is 11.3. The summed E-state index contributed by atoms with van der Waals surface area (Å²) in [6.07, 6.45) is 1.71. The van der Waals surface area contributed by atoms with Crippen molar-refractivity contribution < 1.29 is 24.3 Å². The molecule has 6 heteroatoms. The van der Waals surface area contributed by atoms with Crippen LogP contribution in [0.4, 0.5) is 0 Å². The van der Waals surface area contributed by atoms with Gasteiger partial charge < -0.3 is 19.5 Å². The molecule has 152 valence electrons. The Kier molecular flexibility index (Phi) is 5.30. The minimum atomic E-state index is -0.171. The van der Waals surface area contributed by atoms with Gasteiger partial charge in [-0.1, -0.05) is 23.9 Å². The molecule has 4 rings (SSSR count). The molecule has 1 saturated heterocycles. The average molecular weight is 394 g/mol. The largest absolute Gasteiger partial charge is 0.872 e. The van der Waals surface area contributed by atoms with Crippen molar-refractivity contribution in [3.63, 3.8) is 0 Å². The first-order valence-electron chi connectivity index (χ1n) is 9.90. The summed E-state index contributed by atoms with van der Waals surface area (Å²) in [6, 6.07) is 9.00. The quantitative estimate of drug-likeness (QED) is 0.785. The smallest absolute Gasteiger partial charge is 0.232 e. The van der Waals surface area contributed by atoms with Crippen LogP contribution in [-0.2, 0) is 6.54 Å². The van der Waals surface area contributed by atoms with Gasteiger partial charge in [0.05, 0.1) is 25.8 Å². The van der Waals surface area contributed by atoms with Gasteiger partial charge in [-0.15, -0.1) is 0 Å². The van der Waals surface area contributed by atoms with Gasteiger partial charge in [-0.25, -0.2) is 0 Å². The van der Waals surface area contributed by atoms with Crippen molar-refractivity contribution in [2.24, 2.45) is 0 Å². The van der Waals surface area contributed by atoms with Crippen LogP contribution in [0.2, 0.25) is 0 Å². The van der Waals surface area contributed by atoms with Crippen molar-refractivity contribution in [1.82, 2.24) is 4.90 Å². The van der Waals surface area contributed by atoms with E-state index in [1.165, 1.54) is 4.90 Å². The number of allylic oxidation sites excluding steroid dienone is 1. The number of quaternary nitrogens is 1. The van der Waals surface area contributed by atoms with E-state index < -0.39 is 0 Å². The number of nitrogens with one attached hydrogen (secondary N) is 1. The number of carbonyl (C=O) groups excluding carboxylic acids is 1. The lowest BCUT2D eigenvalue weighted by Crippen LogP contribution is -3.13. The molecule has 0 saturated carbocycles. The number of carbonyl (C=O) groups is 1. The van der Waals surface area contributed by atoms with E-state index in [0.29, 0.717) is 34.7 Å². The van der Waals surface area contributed by atoms with Gasteiger partial charge >= 0.3 is 0 Å². The zero-order valence-corrected chi connectivity index (χ0v) is 17.1. The van der Waals surface area contributed by atoms with Gasteiger partial charge in [-0.2, -0.15) is 0 Å². The molecule has 0 atom stereocenters. The Bertz CT molecular complexity index is 975. The molecule has 29 heavy (non-hydrogen) atoms. The third-order valence-corrected chi connectivity index (χ3v) is 5.72. The maximum Gasteiger partial charge on any atom is 0.232 e. The van der Waals surface area contributed by atoms with Gasteiger partial charge in [-0.05, 0) is 43.3 Å². The Labute approximate surface area is 171 Å². The predicted octanol–water partition coefficient (Wildman–Crippen LogP) is 1.02. The van der Waals surface area contributed by atoms with Crippen LogP contribution in [0.1, 0.15) is 27.0 Å². The highest BCUT2D eigenvalue weighted by molar-refractivity contribution is 6.15. The second-order valence-corrected chi connectivity index (χ2v) is 7.82. The Morgan fingerprint density at radius 3 is 2.76 bits per heavy atom. The number of ketones is 1. The molecule has 2 aromatic carbocycles. The number of piperazine rings is 1. The van der Waals surface area contributed by atoms with Gasteiger partial charge in [0, 0.05) is 18.7 Å². The number of rotatable bonds is 4. The van der Waals surface area contributed by atoms with Gasteiger partial charge in [0.1, 0.15) is 18.0 Å². The second kappa shape index (κ2) is 7.89. The molecule has 0 unspecified atom stereocenters. The van der Waals surface area contributed by atoms with E-state index in [1.807, 2.05) is 24.3 Å². The molecular formula is C23H26N2O4. The first kappa shape index (κ1) is 19.5. The molecular weight excluding hydrogens is 368 g/mol. The lowest BCUT2D eigenvalue weighted by Gasteiger charge is -2.31. The standard InChI is InChI=1S/C23H26N2O4/c1-15-11-19(26)18(14-25-9-7-24(2)8-10-25)23-21(15)22(27)20(29-23)13-16-5-4-6-17(12-16)28-3/h4-6,11-13,26H,7-10,14H2,1-3H3. The Balaban J connectivity index is 1.67. The molecule has 2 aromatic rings. The molecule has 0 amide bonds. The van der Waals surface area contributed by atoms with E-state index in [1.54, 1.807) is 26.2 Å².